The Balaban J connectivity index is 1.82. The summed E-state index contributed by atoms with van der Waals surface area (Å²) in [5.41, 5.74) is 4.03. The van der Waals surface area contributed by atoms with Crippen LogP contribution in [0.15, 0.2) is 67.0 Å². The number of rotatable bonds is 6. The second kappa shape index (κ2) is 8.08. The molecule has 30 heavy (non-hydrogen) atoms. The molecule has 150 valence electrons. The van der Waals surface area contributed by atoms with Gasteiger partial charge in [-0.15, -0.1) is 5.10 Å². The Morgan fingerprint density at radius 3 is 2.20 bits per heavy atom. The summed E-state index contributed by atoms with van der Waals surface area (Å²) >= 11 is 0. The number of nitrogens with one attached hydrogen (secondary N) is 1. The summed E-state index contributed by atoms with van der Waals surface area (Å²) in [5, 5.41) is 23.1. The van der Waals surface area contributed by atoms with E-state index < -0.39 is 11.0 Å². The number of benzene rings is 1. The lowest BCUT2D eigenvalue weighted by atomic mass is 10.0. The Morgan fingerprint density at radius 2 is 1.70 bits per heavy atom. The lowest BCUT2D eigenvalue weighted by Gasteiger charge is -2.19. The Morgan fingerprint density at radius 1 is 1.03 bits per heavy atom. The third-order valence-corrected chi connectivity index (χ3v) is 4.73. The number of nitro groups is 1. The van der Waals surface area contributed by atoms with E-state index in [2.05, 4.69) is 25.6 Å². The third kappa shape index (κ3) is 3.72. The van der Waals surface area contributed by atoms with Gasteiger partial charge in [-0.3, -0.25) is 20.1 Å². The molecular weight excluding hydrogens is 382 g/mol. The van der Waals surface area contributed by atoms with Crippen molar-refractivity contribution in [2.75, 3.05) is 5.32 Å². The summed E-state index contributed by atoms with van der Waals surface area (Å²) < 4.78 is 1.65. The van der Waals surface area contributed by atoms with E-state index >= 15 is 0 Å². The van der Waals surface area contributed by atoms with Crippen LogP contribution in [0.5, 0.6) is 0 Å². The lowest BCUT2D eigenvalue weighted by Crippen LogP contribution is -2.16. The first-order chi connectivity index (χ1) is 14.5. The zero-order valence-corrected chi connectivity index (χ0v) is 16.4. The number of nitrogens with zero attached hydrogens (tertiary/aromatic N) is 6. The maximum absolute atomic E-state index is 11.7. The van der Waals surface area contributed by atoms with E-state index in [-0.39, 0.29) is 5.69 Å². The van der Waals surface area contributed by atoms with Gasteiger partial charge in [0.15, 0.2) is 0 Å². The van der Waals surface area contributed by atoms with Crippen LogP contribution < -0.4 is 5.32 Å². The highest BCUT2D eigenvalue weighted by molar-refractivity contribution is 5.74. The summed E-state index contributed by atoms with van der Waals surface area (Å²) in [7, 11) is 1.79. The van der Waals surface area contributed by atoms with E-state index in [4.69, 9.17) is 0 Å². The number of hydrogen-bond acceptors (Lipinski definition) is 7. The van der Waals surface area contributed by atoms with Crippen molar-refractivity contribution in [2.45, 2.75) is 13.0 Å². The summed E-state index contributed by atoms with van der Waals surface area (Å²) in [6, 6.07) is 15.6. The first-order valence-corrected chi connectivity index (χ1v) is 9.28. The summed E-state index contributed by atoms with van der Waals surface area (Å²) in [6.07, 6.45) is 3.37. The van der Waals surface area contributed by atoms with Crippen molar-refractivity contribution in [3.63, 3.8) is 0 Å². The minimum Gasteiger partial charge on any atom is -0.366 e. The molecule has 0 aliphatic rings. The summed E-state index contributed by atoms with van der Waals surface area (Å²) in [6.45, 7) is 1.85. The van der Waals surface area contributed by atoms with Crippen LogP contribution in [-0.2, 0) is 7.05 Å². The molecule has 9 nitrogen and oxygen atoms in total. The van der Waals surface area contributed by atoms with Gasteiger partial charge in [-0.1, -0.05) is 17.3 Å². The van der Waals surface area contributed by atoms with Gasteiger partial charge in [-0.05, 0) is 43.3 Å². The molecule has 0 saturated carbocycles. The molecule has 0 unspecified atom stereocenters. The lowest BCUT2D eigenvalue weighted by molar-refractivity contribution is -0.384. The van der Waals surface area contributed by atoms with Gasteiger partial charge in [-0.2, -0.15) is 0 Å². The van der Waals surface area contributed by atoms with Crippen molar-refractivity contribution in [3.8, 4) is 11.3 Å². The van der Waals surface area contributed by atoms with Gasteiger partial charge in [0, 0.05) is 31.1 Å². The fourth-order valence-electron chi connectivity index (χ4n) is 3.36. The third-order valence-electron chi connectivity index (χ3n) is 4.73. The van der Waals surface area contributed by atoms with Gasteiger partial charge in [0.1, 0.15) is 11.7 Å². The number of hydrogen-bond donors (Lipinski definition) is 1. The standard InChI is InChI=1S/C21H19N7O2/c1-14-21(27(2)26-25-14)15-9-10-19(28(29)30)18(13-15)24-20(16-7-3-5-11-22-16)17-8-4-6-12-23-17/h3-13,20,24H,1-2H3. The highest BCUT2D eigenvalue weighted by Gasteiger charge is 2.23. The SMILES string of the molecule is Cc1nnn(C)c1-c1ccc([N+](=O)[O-])c(NC(c2ccccn2)c2ccccn2)c1. The smallest absolute Gasteiger partial charge is 0.292 e. The molecule has 0 bridgehead atoms. The van der Waals surface area contributed by atoms with Crippen molar-refractivity contribution < 1.29 is 4.92 Å². The second-order valence-corrected chi connectivity index (χ2v) is 6.72. The molecule has 0 saturated heterocycles. The van der Waals surface area contributed by atoms with Crippen LogP contribution in [0.2, 0.25) is 0 Å². The maximum atomic E-state index is 11.7. The van der Waals surface area contributed by atoms with Crippen molar-refractivity contribution in [3.05, 3.63) is 94.2 Å². The first kappa shape index (κ1) is 19.2. The molecule has 1 aromatic carbocycles. The molecule has 0 radical (unpaired) electrons. The van der Waals surface area contributed by atoms with E-state index in [0.717, 1.165) is 17.0 Å². The normalized spacial score (nSPS) is 10.9. The van der Waals surface area contributed by atoms with Gasteiger partial charge >= 0.3 is 0 Å². The average Bonchev–Trinajstić information content (AvgIpc) is 3.11. The topological polar surface area (TPSA) is 112 Å². The van der Waals surface area contributed by atoms with Gasteiger partial charge in [0.05, 0.1) is 27.7 Å². The first-order valence-electron chi connectivity index (χ1n) is 9.28. The molecule has 4 aromatic rings. The van der Waals surface area contributed by atoms with Crippen molar-refractivity contribution in [1.29, 1.82) is 0 Å². The Hall–Kier alpha value is -4.14. The van der Waals surface area contributed by atoms with Gasteiger partial charge in [-0.25, -0.2) is 4.68 Å². The van der Waals surface area contributed by atoms with E-state index in [1.54, 1.807) is 36.3 Å². The van der Waals surface area contributed by atoms with Crippen LogP contribution in [-0.4, -0.2) is 29.9 Å². The molecule has 3 aromatic heterocycles. The van der Waals surface area contributed by atoms with E-state index in [1.165, 1.54) is 6.07 Å². The van der Waals surface area contributed by atoms with Gasteiger partial charge in [0.25, 0.3) is 5.69 Å². The predicted molar refractivity (Wildman–Crippen MR) is 112 cm³/mol. The van der Waals surface area contributed by atoms with E-state index in [1.807, 2.05) is 43.3 Å². The molecule has 3 heterocycles. The van der Waals surface area contributed by atoms with Crippen LogP contribution in [0.3, 0.4) is 0 Å². The number of aromatic nitrogens is 5. The minimum atomic E-state index is -0.466. The van der Waals surface area contributed by atoms with Crippen molar-refractivity contribution in [1.82, 2.24) is 25.0 Å². The number of anilines is 1. The molecule has 0 spiro atoms. The average molecular weight is 401 g/mol. The molecular formula is C21H19N7O2. The van der Waals surface area contributed by atoms with Crippen LogP contribution in [0, 0.1) is 17.0 Å². The predicted octanol–water partition coefficient (Wildman–Crippen LogP) is 3.69. The fourth-order valence-corrected chi connectivity index (χ4v) is 3.36. The Bertz CT molecular complexity index is 1120. The minimum absolute atomic E-state index is 0.0385. The quantitative estimate of drug-likeness (QED) is 0.387. The summed E-state index contributed by atoms with van der Waals surface area (Å²) in [4.78, 5) is 20.2. The largest absolute Gasteiger partial charge is 0.366 e. The monoisotopic (exact) mass is 401 g/mol. The van der Waals surface area contributed by atoms with Crippen molar-refractivity contribution in [2.24, 2.45) is 7.05 Å². The van der Waals surface area contributed by atoms with E-state index in [9.17, 15) is 10.1 Å². The van der Waals surface area contributed by atoms with Crippen LogP contribution in [0.1, 0.15) is 23.1 Å². The van der Waals surface area contributed by atoms with Gasteiger partial charge < -0.3 is 5.32 Å². The summed E-state index contributed by atoms with van der Waals surface area (Å²) in [5.74, 6) is 0. The van der Waals surface area contributed by atoms with Crippen LogP contribution in [0.4, 0.5) is 11.4 Å². The molecule has 4 rings (SSSR count). The molecule has 0 fully saturated rings. The van der Waals surface area contributed by atoms with Crippen LogP contribution >= 0.6 is 0 Å². The second-order valence-electron chi connectivity index (χ2n) is 6.72. The molecule has 0 aliphatic heterocycles. The highest BCUT2D eigenvalue weighted by Crippen LogP contribution is 2.34. The Kier molecular flexibility index (Phi) is 5.17. The molecule has 1 N–H and O–H groups in total. The maximum Gasteiger partial charge on any atom is 0.292 e. The fraction of sp³-hybridized carbons (Fsp3) is 0.143. The van der Waals surface area contributed by atoms with Gasteiger partial charge in [0.2, 0.25) is 0 Å². The Labute approximate surface area is 172 Å². The molecule has 0 aliphatic carbocycles. The highest BCUT2D eigenvalue weighted by atomic mass is 16.6. The van der Waals surface area contributed by atoms with Crippen molar-refractivity contribution >= 4 is 11.4 Å². The number of aryl methyl sites for hydroxylation is 2. The molecule has 9 heteroatoms. The number of nitro benzene ring substituents is 1. The molecule has 0 amide bonds. The zero-order valence-electron chi connectivity index (χ0n) is 16.4. The number of pyridine rings is 2. The zero-order chi connectivity index (χ0) is 21.1. The van der Waals surface area contributed by atoms with Crippen LogP contribution in [0.25, 0.3) is 11.3 Å². The molecule has 0 atom stereocenters. The van der Waals surface area contributed by atoms with E-state index in [0.29, 0.717) is 17.1 Å².